The number of amides is 2. The molecule has 0 aliphatic carbocycles. The Morgan fingerprint density at radius 1 is 1.11 bits per heavy atom. The van der Waals surface area contributed by atoms with Crippen LogP contribution in [0.5, 0.6) is 17.2 Å². The lowest BCUT2D eigenvalue weighted by Gasteiger charge is -2.20. The van der Waals surface area contributed by atoms with Gasteiger partial charge in [-0.15, -0.1) is 0 Å². The smallest absolute Gasteiger partial charge is 0.348 e. The lowest BCUT2D eigenvalue weighted by atomic mass is 10.1. The summed E-state index contributed by atoms with van der Waals surface area (Å²) in [7, 11) is 1.51. The number of para-hydroxylation sites is 2. The van der Waals surface area contributed by atoms with Crippen LogP contribution in [0.25, 0.3) is 17.1 Å². The van der Waals surface area contributed by atoms with Crippen LogP contribution in [0, 0.1) is 0 Å². The van der Waals surface area contributed by atoms with E-state index in [2.05, 4.69) is 10.2 Å². The van der Waals surface area contributed by atoms with Crippen LogP contribution >= 0.6 is 11.6 Å². The fraction of sp³-hybridized carbons (Fsp3) is 0.120. The lowest BCUT2D eigenvalue weighted by Crippen LogP contribution is -2.27. The van der Waals surface area contributed by atoms with Crippen molar-refractivity contribution in [3.8, 4) is 34.3 Å². The van der Waals surface area contributed by atoms with Crippen LogP contribution in [-0.2, 0) is 11.3 Å². The molecule has 11 nitrogen and oxygen atoms in total. The molecule has 0 spiro atoms. The molecule has 4 aromatic rings. The van der Waals surface area contributed by atoms with E-state index in [0.717, 1.165) is 10.6 Å². The molecule has 0 aliphatic heterocycles. The van der Waals surface area contributed by atoms with Gasteiger partial charge in [0.15, 0.2) is 12.4 Å². The molecule has 0 unspecified atom stereocenters. The Bertz CT molecular complexity index is 1550. The Morgan fingerprint density at radius 2 is 1.81 bits per heavy atom. The molecule has 37 heavy (non-hydrogen) atoms. The van der Waals surface area contributed by atoms with Crippen molar-refractivity contribution < 1.29 is 24.5 Å². The molecule has 3 aromatic carbocycles. The van der Waals surface area contributed by atoms with Gasteiger partial charge in [0.2, 0.25) is 0 Å². The first-order valence-corrected chi connectivity index (χ1v) is 11.3. The number of phenols is 2. The number of aromatic hydroxyl groups is 2. The van der Waals surface area contributed by atoms with Gasteiger partial charge in [-0.25, -0.2) is 14.5 Å². The number of carbonyl (C=O) groups is 2. The zero-order valence-electron chi connectivity index (χ0n) is 19.5. The summed E-state index contributed by atoms with van der Waals surface area (Å²) in [5, 5.41) is 27.6. The van der Waals surface area contributed by atoms with Crippen LogP contribution < -0.4 is 16.2 Å². The fourth-order valence-electron chi connectivity index (χ4n) is 3.72. The third-order valence-corrected chi connectivity index (χ3v) is 5.77. The van der Waals surface area contributed by atoms with E-state index in [-0.39, 0.29) is 35.1 Å². The summed E-state index contributed by atoms with van der Waals surface area (Å²) >= 11 is 6.26. The van der Waals surface area contributed by atoms with Crippen molar-refractivity contribution in [3.05, 3.63) is 87.3 Å². The molecule has 0 fully saturated rings. The van der Waals surface area contributed by atoms with E-state index in [0.29, 0.717) is 17.0 Å². The van der Waals surface area contributed by atoms with Crippen LogP contribution in [-0.4, -0.2) is 55.3 Å². The molecular weight excluding hydrogens is 502 g/mol. The maximum atomic E-state index is 13.3. The van der Waals surface area contributed by atoms with Crippen molar-refractivity contribution in [1.82, 2.24) is 19.7 Å². The molecular formula is C25H22ClN5O6. The van der Waals surface area contributed by atoms with Crippen molar-refractivity contribution in [3.63, 3.8) is 0 Å². The monoisotopic (exact) mass is 523 g/mol. The number of nitrogens with one attached hydrogen (secondary N) is 1. The Hall–Kier alpha value is -4.77. The number of primary amides is 1. The number of ether oxygens (including phenoxy) is 1. The molecule has 12 heteroatoms. The van der Waals surface area contributed by atoms with E-state index in [1.54, 1.807) is 48.5 Å². The predicted octanol–water partition coefficient (Wildman–Crippen LogP) is 2.43. The Balaban J connectivity index is 1.69. The molecule has 5 N–H and O–H groups in total. The molecule has 0 bridgehead atoms. The van der Waals surface area contributed by atoms with Crippen molar-refractivity contribution in [2.24, 2.45) is 5.73 Å². The van der Waals surface area contributed by atoms with E-state index >= 15 is 0 Å². The van der Waals surface area contributed by atoms with Crippen LogP contribution in [0.2, 0.25) is 5.02 Å². The number of benzene rings is 3. The van der Waals surface area contributed by atoms with Crippen LogP contribution in [0.15, 0.2) is 65.5 Å². The molecule has 4 rings (SSSR count). The fourth-order valence-corrected chi connectivity index (χ4v) is 3.94. The highest BCUT2D eigenvalue weighted by Crippen LogP contribution is 2.36. The number of aromatic amines is 1. The molecule has 0 saturated heterocycles. The van der Waals surface area contributed by atoms with Crippen molar-refractivity contribution in [2.75, 3.05) is 13.7 Å². The molecule has 2 amide bonds. The summed E-state index contributed by atoms with van der Waals surface area (Å²) in [6.45, 7) is -0.260. The number of halogens is 1. The molecule has 1 heterocycles. The predicted molar refractivity (Wildman–Crippen MR) is 135 cm³/mol. The number of carbonyl (C=O) groups excluding carboxylic acids is 2. The normalized spacial score (nSPS) is 10.8. The summed E-state index contributed by atoms with van der Waals surface area (Å²) in [6.07, 6.45) is 0. The number of nitrogens with zero attached hydrogens (tertiary/aromatic N) is 3. The minimum absolute atomic E-state index is 0.0120. The molecule has 0 radical (unpaired) electrons. The first kappa shape index (κ1) is 25.3. The van der Waals surface area contributed by atoms with Gasteiger partial charge in [0.05, 0.1) is 21.8 Å². The number of phenolic OH excluding ortho intramolecular Hbond substituents is 2. The summed E-state index contributed by atoms with van der Waals surface area (Å²) in [5.74, 6) is -1.76. The third kappa shape index (κ3) is 5.26. The number of hydrogen-bond acceptors (Lipinski definition) is 7. The van der Waals surface area contributed by atoms with Crippen LogP contribution in [0.4, 0.5) is 0 Å². The average Bonchev–Trinajstić information content (AvgIpc) is 3.24. The second-order valence-electron chi connectivity index (χ2n) is 8.05. The van der Waals surface area contributed by atoms with Gasteiger partial charge < -0.3 is 25.6 Å². The number of H-pyrrole nitrogens is 1. The standard InChI is InChI=1S/C25H22ClN5O6/c1-30(12-14-6-2-5-9-21(14)37-13-22(27)34)24(35)16-10-15(19(32)11-20(16)33)23-28-29-25(36)31(23)18-8-4-3-7-17(18)26/h2-11,32-33H,12-13H2,1H3,(H2,27,34)(H,29,36). The quantitative estimate of drug-likeness (QED) is 0.275. The number of nitrogens with two attached hydrogens (primary N) is 1. The van der Waals surface area contributed by atoms with Gasteiger partial charge in [0, 0.05) is 25.2 Å². The van der Waals surface area contributed by atoms with Crippen LogP contribution in [0.1, 0.15) is 15.9 Å². The molecule has 190 valence electrons. The van der Waals surface area contributed by atoms with Gasteiger partial charge in [0.25, 0.3) is 11.8 Å². The second kappa shape index (κ2) is 10.5. The van der Waals surface area contributed by atoms with Crippen molar-refractivity contribution >= 4 is 23.4 Å². The van der Waals surface area contributed by atoms with Crippen molar-refractivity contribution in [1.29, 1.82) is 0 Å². The Morgan fingerprint density at radius 3 is 2.54 bits per heavy atom. The van der Waals surface area contributed by atoms with Gasteiger partial charge in [0.1, 0.15) is 17.2 Å². The minimum atomic E-state index is -0.644. The third-order valence-electron chi connectivity index (χ3n) is 5.45. The van der Waals surface area contributed by atoms with Gasteiger partial charge >= 0.3 is 5.69 Å². The summed E-state index contributed by atoms with van der Waals surface area (Å²) in [4.78, 5) is 38.3. The maximum Gasteiger partial charge on any atom is 0.348 e. The lowest BCUT2D eigenvalue weighted by molar-refractivity contribution is -0.119. The van der Waals surface area contributed by atoms with Crippen molar-refractivity contribution in [2.45, 2.75) is 6.54 Å². The van der Waals surface area contributed by atoms with E-state index in [1.807, 2.05) is 0 Å². The Kier molecular flexibility index (Phi) is 7.16. The number of rotatable bonds is 8. The molecule has 1 aromatic heterocycles. The van der Waals surface area contributed by atoms with Gasteiger partial charge in [-0.2, -0.15) is 5.10 Å². The van der Waals surface area contributed by atoms with E-state index in [4.69, 9.17) is 22.1 Å². The first-order chi connectivity index (χ1) is 17.7. The zero-order chi connectivity index (χ0) is 26.7. The van der Waals surface area contributed by atoms with Crippen LogP contribution in [0.3, 0.4) is 0 Å². The maximum absolute atomic E-state index is 13.3. The topological polar surface area (TPSA) is 164 Å². The Labute approximate surface area is 215 Å². The highest BCUT2D eigenvalue weighted by atomic mass is 35.5. The minimum Gasteiger partial charge on any atom is -0.507 e. The largest absolute Gasteiger partial charge is 0.507 e. The van der Waals surface area contributed by atoms with Gasteiger partial charge in [-0.3, -0.25) is 9.59 Å². The number of hydrogen-bond donors (Lipinski definition) is 4. The summed E-state index contributed by atoms with van der Waals surface area (Å²) < 4.78 is 6.57. The molecule has 0 saturated carbocycles. The van der Waals surface area contributed by atoms with Gasteiger partial charge in [-0.1, -0.05) is 41.9 Å². The summed E-state index contributed by atoms with van der Waals surface area (Å²) in [6, 6.07) is 15.6. The highest BCUT2D eigenvalue weighted by molar-refractivity contribution is 6.32. The summed E-state index contributed by atoms with van der Waals surface area (Å²) in [5.41, 5.74) is 5.30. The average molecular weight is 524 g/mol. The zero-order valence-corrected chi connectivity index (χ0v) is 20.3. The second-order valence-corrected chi connectivity index (χ2v) is 8.46. The SMILES string of the molecule is CN(Cc1ccccc1OCC(N)=O)C(=O)c1cc(-c2n[nH]c(=O)n2-c2ccccc2Cl)c(O)cc1O. The van der Waals surface area contributed by atoms with E-state index < -0.39 is 29.0 Å². The molecule has 0 atom stereocenters. The van der Waals surface area contributed by atoms with E-state index in [9.17, 15) is 24.6 Å². The first-order valence-electron chi connectivity index (χ1n) is 10.9. The van der Waals surface area contributed by atoms with Gasteiger partial charge in [-0.05, 0) is 24.3 Å². The number of aromatic nitrogens is 3. The van der Waals surface area contributed by atoms with E-state index in [1.165, 1.54) is 18.0 Å². The molecule has 0 aliphatic rings. The highest BCUT2D eigenvalue weighted by Gasteiger charge is 2.24.